The van der Waals surface area contributed by atoms with E-state index in [4.69, 9.17) is 9.47 Å². The van der Waals surface area contributed by atoms with Gasteiger partial charge in [0.25, 0.3) is 0 Å². The van der Waals surface area contributed by atoms with Crippen molar-refractivity contribution in [2.45, 2.75) is 24.9 Å². The average molecular weight is 252 g/mol. The number of aliphatic hydroxyl groups is 1. The third kappa shape index (κ3) is 2.98. The van der Waals surface area contributed by atoms with Gasteiger partial charge in [-0.3, -0.25) is 0 Å². The van der Waals surface area contributed by atoms with Crippen molar-refractivity contribution < 1.29 is 14.6 Å². The number of methoxy groups -OCH3 is 1. The van der Waals surface area contributed by atoms with Crippen molar-refractivity contribution in [3.63, 3.8) is 0 Å². The standard InChI is InChI=1S/C13H20N2O3/c1-17-12-11(3-2-6-14-12)9-15-13(10-16)4-7-18-8-5-13/h2-3,6,15-16H,4-5,7-10H2,1H3. The molecule has 100 valence electrons. The minimum absolute atomic E-state index is 0.124. The van der Waals surface area contributed by atoms with Crippen LogP contribution in [0.5, 0.6) is 5.88 Å². The van der Waals surface area contributed by atoms with Crippen LogP contribution in [0.15, 0.2) is 18.3 Å². The van der Waals surface area contributed by atoms with Crippen LogP contribution in [-0.4, -0.2) is 42.6 Å². The van der Waals surface area contributed by atoms with E-state index in [9.17, 15) is 5.11 Å². The smallest absolute Gasteiger partial charge is 0.217 e. The van der Waals surface area contributed by atoms with Crippen molar-refractivity contribution in [2.75, 3.05) is 26.9 Å². The highest BCUT2D eigenvalue weighted by molar-refractivity contribution is 5.25. The zero-order chi connectivity index (χ0) is 12.8. The molecule has 2 heterocycles. The molecule has 1 aromatic rings. The fourth-order valence-corrected chi connectivity index (χ4v) is 2.18. The summed E-state index contributed by atoms with van der Waals surface area (Å²) in [5.41, 5.74) is 0.762. The molecule has 0 unspecified atom stereocenters. The van der Waals surface area contributed by atoms with Crippen LogP contribution in [0.4, 0.5) is 0 Å². The fourth-order valence-electron chi connectivity index (χ4n) is 2.18. The lowest BCUT2D eigenvalue weighted by Crippen LogP contribution is -2.51. The van der Waals surface area contributed by atoms with Crippen molar-refractivity contribution in [2.24, 2.45) is 0 Å². The van der Waals surface area contributed by atoms with Gasteiger partial charge in [0.15, 0.2) is 0 Å². The van der Waals surface area contributed by atoms with E-state index in [2.05, 4.69) is 10.3 Å². The second-order valence-electron chi connectivity index (χ2n) is 4.58. The number of hydrogen-bond acceptors (Lipinski definition) is 5. The van der Waals surface area contributed by atoms with E-state index in [1.165, 1.54) is 0 Å². The van der Waals surface area contributed by atoms with Gasteiger partial charge in [0.2, 0.25) is 5.88 Å². The molecule has 5 nitrogen and oxygen atoms in total. The minimum atomic E-state index is -0.237. The molecule has 2 N–H and O–H groups in total. The number of rotatable bonds is 5. The summed E-state index contributed by atoms with van der Waals surface area (Å²) in [5.74, 6) is 0.630. The number of ether oxygens (including phenoxy) is 2. The van der Waals surface area contributed by atoms with Crippen LogP contribution in [0.1, 0.15) is 18.4 Å². The highest BCUT2D eigenvalue weighted by atomic mass is 16.5. The van der Waals surface area contributed by atoms with Gasteiger partial charge in [0, 0.05) is 37.1 Å². The Kier molecular flexibility index (Phi) is 4.52. The van der Waals surface area contributed by atoms with Gasteiger partial charge in [0.1, 0.15) is 0 Å². The lowest BCUT2D eigenvalue weighted by atomic mass is 9.91. The van der Waals surface area contributed by atoms with E-state index < -0.39 is 0 Å². The summed E-state index contributed by atoms with van der Waals surface area (Å²) in [4.78, 5) is 4.16. The Hall–Kier alpha value is -1.17. The Bertz CT molecular complexity index is 378. The molecule has 1 fully saturated rings. The predicted octanol–water partition coefficient (Wildman–Crippen LogP) is 0.721. The van der Waals surface area contributed by atoms with E-state index in [-0.39, 0.29) is 12.1 Å². The second kappa shape index (κ2) is 6.13. The number of pyridine rings is 1. The van der Waals surface area contributed by atoms with E-state index in [1.54, 1.807) is 13.3 Å². The van der Waals surface area contributed by atoms with Crippen LogP contribution in [0.25, 0.3) is 0 Å². The van der Waals surface area contributed by atoms with Gasteiger partial charge in [-0.15, -0.1) is 0 Å². The molecule has 5 heteroatoms. The SMILES string of the molecule is COc1ncccc1CNC1(CO)CCOCC1. The Morgan fingerprint density at radius 3 is 2.94 bits per heavy atom. The van der Waals surface area contributed by atoms with E-state index in [1.807, 2.05) is 12.1 Å². The van der Waals surface area contributed by atoms with E-state index in [0.717, 1.165) is 18.4 Å². The molecule has 0 bridgehead atoms. The first kappa shape index (κ1) is 13.3. The molecule has 0 spiro atoms. The number of hydrogen-bond donors (Lipinski definition) is 2. The van der Waals surface area contributed by atoms with Crippen molar-refractivity contribution in [1.82, 2.24) is 10.3 Å². The van der Waals surface area contributed by atoms with Crippen molar-refractivity contribution in [3.05, 3.63) is 23.9 Å². The summed E-state index contributed by atoms with van der Waals surface area (Å²) in [5, 5.41) is 13.0. The third-order valence-electron chi connectivity index (χ3n) is 3.45. The van der Waals surface area contributed by atoms with Gasteiger partial charge >= 0.3 is 0 Å². The second-order valence-corrected chi connectivity index (χ2v) is 4.58. The largest absolute Gasteiger partial charge is 0.481 e. The first-order valence-electron chi connectivity index (χ1n) is 6.21. The van der Waals surface area contributed by atoms with Crippen molar-refractivity contribution in [1.29, 1.82) is 0 Å². The Labute approximate surface area is 107 Å². The first-order valence-corrected chi connectivity index (χ1v) is 6.21. The molecule has 1 aliphatic heterocycles. The Balaban J connectivity index is 2.01. The van der Waals surface area contributed by atoms with Gasteiger partial charge in [0.05, 0.1) is 13.7 Å². The number of nitrogens with zero attached hydrogens (tertiary/aromatic N) is 1. The molecule has 0 saturated carbocycles. The highest BCUT2D eigenvalue weighted by Crippen LogP contribution is 2.22. The monoisotopic (exact) mass is 252 g/mol. The van der Waals surface area contributed by atoms with E-state index in [0.29, 0.717) is 25.6 Å². The molecule has 0 atom stereocenters. The van der Waals surface area contributed by atoms with E-state index >= 15 is 0 Å². The van der Waals surface area contributed by atoms with Crippen LogP contribution in [0, 0.1) is 0 Å². The fraction of sp³-hybridized carbons (Fsp3) is 0.615. The van der Waals surface area contributed by atoms with Gasteiger partial charge in [-0.05, 0) is 18.9 Å². The lowest BCUT2D eigenvalue weighted by Gasteiger charge is -2.36. The molecule has 2 rings (SSSR count). The maximum atomic E-state index is 9.58. The first-order chi connectivity index (χ1) is 8.79. The predicted molar refractivity (Wildman–Crippen MR) is 67.5 cm³/mol. The molecule has 1 aliphatic rings. The molecule has 0 radical (unpaired) electrons. The maximum Gasteiger partial charge on any atom is 0.217 e. The van der Waals surface area contributed by atoms with Gasteiger partial charge < -0.3 is 19.9 Å². The normalized spacial score (nSPS) is 18.6. The van der Waals surface area contributed by atoms with Gasteiger partial charge in [-0.25, -0.2) is 4.98 Å². The Morgan fingerprint density at radius 1 is 1.50 bits per heavy atom. The number of aromatic nitrogens is 1. The average Bonchev–Trinajstić information content (AvgIpc) is 2.46. The number of nitrogens with one attached hydrogen (secondary N) is 1. The third-order valence-corrected chi connectivity index (χ3v) is 3.45. The molecular weight excluding hydrogens is 232 g/mol. The molecule has 1 saturated heterocycles. The quantitative estimate of drug-likeness (QED) is 0.808. The summed E-state index contributed by atoms with van der Waals surface area (Å²) < 4.78 is 10.5. The molecular formula is C13H20N2O3. The van der Waals surface area contributed by atoms with Crippen molar-refractivity contribution >= 4 is 0 Å². The topological polar surface area (TPSA) is 63.6 Å². The zero-order valence-corrected chi connectivity index (χ0v) is 10.7. The summed E-state index contributed by atoms with van der Waals surface area (Å²) in [7, 11) is 1.61. The molecule has 1 aromatic heterocycles. The zero-order valence-electron chi connectivity index (χ0n) is 10.7. The molecule has 0 aliphatic carbocycles. The molecule has 18 heavy (non-hydrogen) atoms. The number of aliphatic hydroxyl groups excluding tert-OH is 1. The van der Waals surface area contributed by atoms with Crippen LogP contribution >= 0.6 is 0 Å². The Morgan fingerprint density at radius 2 is 2.28 bits per heavy atom. The molecule has 0 amide bonds. The van der Waals surface area contributed by atoms with Gasteiger partial charge in [-0.2, -0.15) is 0 Å². The summed E-state index contributed by atoms with van der Waals surface area (Å²) in [6.07, 6.45) is 3.36. The minimum Gasteiger partial charge on any atom is -0.481 e. The lowest BCUT2D eigenvalue weighted by molar-refractivity contribution is 0.0111. The summed E-state index contributed by atoms with van der Waals surface area (Å²) in [6, 6.07) is 3.86. The van der Waals surface area contributed by atoms with Crippen LogP contribution in [0.2, 0.25) is 0 Å². The van der Waals surface area contributed by atoms with Crippen LogP contribution < -0.4 is 10.1 Å². The van der Waals surface area contributed by atoms with Crippen molar-refractivity contribution in [3.8, 4) is 5.88 Å². The van der Waals surface area contributed by atoms with Crippen LogP contribution in [0.3, 0.4) is 0 Å². The maximum absolute atomic E-state index is 9.58. The molecule has 0 aromatic carbocycles. The summed E-state index contributed by atoms with van der Waals surface area (Å²) in [6.45, 7) is 2.14. The highest BCUT2D eigenvalue weighted by Gasteiger charge is 2.31. The van der Waals surface area contributed by atoms with Gasteiger partial charge in [-0.1, -0.05) is 6.07 Å². The van der Waals surface area contributed by atoms with Crippen LogP contribution in [-0.2, 0) is 11.3 Å². The summed E-state index contributed by atoms with van der Waals surface area (Å²) >= 11 is 0.